The van der Waals surface area contributed by atoms with Crippen molar-refractivity contribution in [2.75, 3.05) is 18.0 Å². The Hall–Kier alpha value is -2.04. The highest BCUT2D eigenvalue weighted by atomic mass is 16.6. The van der Waals surface area contributed by atoms with Gasteiger partial charge in [-0.1, -0.05) is 18.2 Å². The molecule has 2 amide bonds. The van der Waals surface area contributed by atoms with E-state index in [1.165, 1.54) is 0 Å². The van der Waals surface area contributed by atoms with Gasteiger partial charge >= 0.3 is 6.09 Å². The highest BCUT2D eigenvalue weighted by molar-refractivity contribution is 6.08. The summed E-state index contributed by atoms with van der Waals surface area (Å²) in [5.41, 5.74) is 1.13. The van der Waals surface area contributed by atoms with Crippen molar-refractivity contribution >= 4 is 17.7 Å². The summed E-state index contributed by atoms with van der Waals surface area (Å²) < 4.78 is 5.48. The zero-order valence-corrected chi connectivity index (χ0v) is 15.8. The predicted octanol–water partition coefficient (Wildman–Crippen LogP) is 3.71. The third-order valence-corrected chi connectivity index (χ3v) is 5.09. The van der Waals surface area contributed by atoms with E-state index in [4.69, 9.17) is 4.74 Å². The molecule has 0 aromatic heterocycles. The minimum atomic E-state index is -0.504. The first-order valence-corrected chi connectivity index (χ1v) is 9.07. The van der Waals surface area contributed by atoms with Gasteiger partial charge in [-0.05, 0) is 59.1 Å². The van der Waals surface area contributed by atoms with Crippen LogP contribution in [0.3, 0.4) is 0 Å². The average molecular weight is 344 g/mol. The number of rotatable bonds is 1. The van der Waals surface area contributed by atoms with Crippen LogP contribution in [0.2, 0.25) is 0 Å². The molecule has 2 aliphatic rings. The Morgan fingerprint density at radius 2 is 1.76 bits per heavy atom. The summed E-state index contributed by atoms with van der Waals surface area (Å²) >= 11 is 0. The normalized spacial score (nSPS) is 19.5. The zero-order chi connectivity index (χ0) is 18.4. The molecule has 0 radical (unpaired) electrons. The summed E-state index contributed by atoms with van der Waals surface area (Å²) in [6.45, 7) is 10.8. The van der Waals surface area contributed by atoms with Crippen LogP contribution in [0.15, 0.2) is 24.3 Å². The number of anilines is 1. The molecule has 5 nitrogen and oxygen atoms in total. The lowest BCUT2D eigenvalue weighted by molar-refractivity contribution is -0.125. The van der Waals surface area contributed by atoms with Crippen molar-refractivity contribution < 1.29 is 14.3 Å². The SMILES string of the molecule is CC(C)N1C(=O)C2(CCN(C(=O)OC(C)(C)C)CC2)c2ccccc21. The Kier molecular flexibility index (Phi) is 4.30. The highest BCUT2D eigenvalue weighted by Gasteiger charge is 2.53. The van der Waals surface area contributed by atoms with Gasteiger partial charge in [-0.25, -0.2) is 4.79 Å². The minimum absolute atomic E-state index is 0.122. The van der Waals surface area contributed by atoms with Gasteiger partial charge < -0.3 is 14.5 Å². The quantitative estimate of drug-likeness (QED) is 0.780. The maximum Gasteiger partial charge on any atom is 0.410 e. The van der Waals surface area contributed by atoms with Gasteiger partial charge in [-0.2, -0.15) is 0 Å². The highest BCUT2D eigenvalue weighted by Crippen LogP contribution is 2.48. The summed E-state index contributed by atoms with van der Waals surface area (Å²) in [7, 11) is 0. The first-order chi connectivity index (χ1) is 11.7. The van der Waals surface area contributed by atoms with E-state index in [1.54, 1.807) is 4.90 Å². The van der Waals surface area contributed by atoms with Crippen LogP contribution in [0.25, 0.3) is 0 Å². The molecule has 0 atom stereocenters. The maximum atomic E-state index is 13.3. The lowest BCUT2D eigenvalue weighted by Gasteiger charge is -2.39. The third-order valence-electron chi connectivity index (χ3n) is 5.09. The number of carbonyl (C=O) groups is 2. The van der Waals surface area contributed by atoms with Crippen molar-refractivity contribution in [1.29, 1.82) is 0 Å². The number of nitrogens with zero attached hydrogens (tertiary/aromatic N) is 2. The number of piperidine rings is 1. The molecule has 2 heterocycles. The summed E-state index contributed by atoms with van der Waals surface area (Å²) in [4.78, 5) is 29.2. The standard InChI is InChI=1S/C20H28N2O3/c1-14(2)22-16-9-7-6-8-15(16)20(17(22)23)10-12-21(13-11-20)18(24)25-19(3,4)5/h6-9,14H,10-13H2,1-5H3. The number of likely N-dealkylation sites (tertiary alicyclic amines) is 1. The third kappa shape index (κ3) is 3.00. The van der Waals surface area contributed by atoms with Gasteiger partial charge in [0.25, 0.3) is 0 Å². The van der Waals surface area contributed by atoms with Crippen LogP contribution in [-0.4, -0.2) is 41.6 Å². The van der Waals surface area contributed by atoms with Gasteiger partial charge in [0.2, 0.25) is 5.91 Å². The van der Waals surface area contributed by atoms with Gasteiger partial charge in [-0.15, -0.1) is 0 Å². The van der Waals surface area contributed by atoms with E-state index in [0.29, 0.717) is 25.9 Å². The van der Waals surface area contributed by atoms with E-state index < -0.39 is 11.0 Å². The van der Waals surface area contributed by atoms with Gasteiger partial charge in [-0.3, -0.25) is 4.79 Å². The molecule has 136 valence electrons. The molecule has 1 fully saturated rings. The summed E-state index contributed by atoms with van der Waals surface area (Å²) in [6, 6.07) is 8.20. The fraction of sp³-hybridized carbons (Fsp3) is 0.600. The van der Waals surface area contributed by atoms with E-state index in [1.807, 2.05) is 57.7 Å². The molecular formula is C20H28N2O3. The maximum absolute atomic E-state index is 13.3. The van der Waals surface area contributed by atoms with Crippen molar-refractivity contribution in [1.82, 2.24) is 4.90 Å². The number of amides is 2. The second-order valence-electron chi connectivity index (χ2n) is 8.34. The Balaban J connectivity index is 1.83. The second-order valence-corrected chi connectivity index (χ2v) is 8.34. The molecule has 1 aromatic rings. The molecule has 0 saturated carbocycles. The van der Waals surface area contributed by atoms with Crippen LogP contribution in [0, 0.1) is 0 Å². The fourth-order valence-electron chi connectivity index (χ4n) is 3.94. The number of benzene rings is 1. The van der Waals surface area contributed by atoms with Crippen LogP contribution >= 0.6 is 0 Å². The molecule has 0 unspecified atom stereocenters. The number of ether oxygens (including phenoxy) is 1. The average Bonchev–Trinajstić information content (AvgIpc) is 2.76. The molecule has 25 heavy (non-hydrogen) atoms. The number of para-hydroxylation sites is 1. The Bertz CT molecular complexity index is 682. The molecule has 0 aliphatic carbocycles. The number of fused-ring (bicyclic) bond motifs is 2. The molecular weight excluding hydrogens is 316 g/mol. The van der Waals surface area contributed by atoms with Crippen molar-refractivity contribution in [3.05, 3.63) is 29.8 Å². The summed E-state index contributed by atoms with van der Waals surface area (Å²) in [6.07, 6.45) is 0.998. The fourth-order valence-corrected chi connectivity index (χ4v) is 3.94. The van der Waals surface area contributed by atoms with E-state index in [2.05, 4.69) is 6.07 Å². The van der Waals surface area contributed by atoms with Crippen LogP contribution in [-0.2, 0) is 14.9 Å². The summed E-state index contributed by atoms with van der Waals surface area (Å²) in [5.74, 6) is 0.174. The van der Waals surface area contributed by atoms with E-state index in [9.17, 15) is 9.59 Å². The van der Waals surface area contributed by atoms with Crippen LogP contribution in [0.1, 0.15) is 53.0 Å². The molecule has 0 bridgehead atoms. The van der Waals surface area contributed by atoms with Crippen LogP contribution in [0.5, 0.6) is 0 Å². The van der Waals surface area contributed by atoms with Gasteiger partial charge in [0, 0.05) is 24.8 Å². The molecule has 1 spiro atoms. The van der Waals surface area contributed by atoms with Gasteiger partial charge in [0.1, 0.15) is 5.60 Å². The van der Waals surface area contributed by atoms with Crippen molar-refractivity contribution in [2.24, 2.45) is 0 Å². The van der Waals surface area contributed by atoms with Gasteiger partial charge in [0.15, 0.2) is 0 Å². The Morgan fingerprint density at radius 3 is 2.32 bits per heavy atom. The lowest BCUT2D eigenvalue weighted by Crippen LogP contribution is -2.51. The number of carbonyl (C=O) groups excluding carboxylic acids is 2. The number of hydrogen-bond donors (Lipinski definition) is 0. The molecule has 5 heteroatoms. The molecule has 2 aliphatic heterocycles. The second kappa shape index (κ2) is 6.04. The molecule has 1 aromatic carbocycles. The van der Waals surface area contributed by atoms with E-state index in [-0.39, 0.29) is 18.0 Å². The van der Waals surface area contributed by atoms with Crippen LogP contribution in [0.4, 0.5) is 10.5 Å². The van der Waals surface area contributed by atoms with Crippen LogP contribution < -0.4 is 4.90 Å². The Morgan fingerprint density at radius 1 is 1.16 bits per heavy atom. The molecule has 3 rings (SSSR count). The number of hydrogen-bond acceptors (Lipinski definition) is 3. The van der Waals surface area contributed by atoms with Gasteiger partial charge in [0.05, 0.1) is 5.41 Å². The van der Waals surface area contributed by atoms with E-state index >= 15 is 0 Å². The zero-order valence-electron chi connectivity index (χ0n) is 15.8. The monoisotopic (exact) mass is 344 g/mol. The predicted molar refractivity (Wildman–Crippen MR) is 97.8 cm³/mol. The first-order valence-electron chi connectivity index (χ1n) is 9.07. The topological polar surface area (TPSA) is 49.9 Å². The largest absolute Gasteiger partial charge is 0.444 e. The lowest BCUT2D eigenvalue weighted by atomic mass is 9.73. The summed E-state index contributed by atoms with van der Waals surface area (Å²) in [5, 5.41) is 0. The Labute approximate surface area is 149 Å². The molecule has 1 saturated heterocycles. The molecule has 0 N–H and O–H groups in total. The van der Waals surface area contributed by atoms with Crippen molar-refractivity contribution in [3.63, 3.8) is 0 Å². The minimum Gasteiger partial charge on any atom is -0.444 e. The van der Waals surface area contributed by atoms with Crippen molar-refractivity contribution in [3.8, 4) is 0 Å². The van der Waals surface area contributed by atoms with Crippen molar-refractivity contribution in [2.45, 2.75) is 64.5 Å². The first kappa shape index (κ1) is 17.8. The van der Waals surface area contributed by atoms with E-state index in [0.717, 1.165) is 11.3 Å². The smallest absolute Gasteiger partial charge is 0.410 e.